The van der Waals surface area contributed by atoms with Crippen LogP contribution in [-0.2, 0) is 0 Å². The van der Waals surface area contributed by atoms with Crippen molar-refractivity contribution >= 4 is 0 Å². The van der Waals surface area contributed by atoms with Crippen molar-refractivity contribution in [1.29, 1.82) is 0 Å². The van der Waals surface area contributed by atoms with Gasteiger partial charge in [-0.3, -0.25) is 0 Å². The van der Waals surface area contributed by atoms with E-state index in [1.54, 1.807) is 0 Å². The summed E-state index contributed by atoms with van der Waals surface area (Å²) in [5.74, 6) is -4.89. The molecule has 8 heteroatoms. The van der Waals surface area contributed by atoms with Crippen molar-refractivity contribution in [2.45, 2.75) is 38.5 Å². The summed E-state index contributed by atoms with van der Waals surface area (Å²) in [5, 5.41) is 0. The van der Waals surface area contributed by atoms with Gasteiger partial charge >= 0.3 is 12.4 Å². The molecule has 0 aliphatic rings. The van der Waals surface area contributed by atoms with E-state index in [4.69, 9.17) is 0 Å². The second kappa shape index (κ2) is 3.48. The fraction of sp³-hybridized carbons (Fsp3) is 1.00. The van der Waals surface area contributed by atoms with Gasteiger partial charge in [0, 0.05) is 6.42 Å². The lowest BCUT2D eigenvalue weighted by atomic mass is 9.80. The molecule has 0 unspecified atom stereocenters. The van der Waals surface area contributed by atoms with Crippen molar-refractivity contribution in [1.82, 2.24) is 0 Å². The van der Waals surface area contributed by atoms with Crippen molar-refractivity contribution in [3.8, 4) is 0 Å². The van der Waals surface area contributed by atoms with E-state index in [1.807, 2.05) is 0 Å². The summed E-state index contributed by atoms with van der Waals surface area (Å²) in [6.07, 6.45) is -13.6. The minimum absolute atomic E-state index is 0.531. The average Bonchev–Trinajstić information content (AvgIpc) is 1.98. The van der Waals surface area contributed by atoms with Crippen LogP contribution in [0, 0.1) is 5.41 Å². The van der Waals surface area contributed by atoms with Gasteiger partial charge in [0.1, 0.15) is 0 Å². The fourth-order valence-corrected chi connectivity index (χ4v) is 0.929. The third-order valence-electron chi connectivity index (χ3n) is 2.31. The summed E-state index contributed by atoms with van der Waals surface area (Å²) in [4.78, 5) is 0. The van der Waals surface area contributed by atoms with Crippen molar-refractivity contribution in [3.05, 3.63) is 0 Å². The second-order valence-corrected chi connectivity index (χ2v) is 3.18. The lowest BCUT2D eigenvalue weighted by Gasteiger charge is -2.39. The number of rotatable bonds is 2. The van der Waals surface area contributed by atoms with Gasteiger partial charge in [0.25, 0.3) is 5.92 Å². The van der Waals surface area contributed by atoms with Crippen molar-refractivity contribution < 1.29 is 35.1 Å². The number of halogens is 8. The molecule has 0 N–H and O–H groups in total. The molecule has 0 rings (SSSR count). The van der Waals surface area contributed by atoms with Crippen LogP contribution in [0.5, 0.6) is 0 Å². The van der Waals surface area contributed by atoms with Gasteiger partial charge in [-0.15, -0.1) is 0 Å². The van der Waals surface area contributed by atoms with E-state index in [-0.39, 0.29) is 0 Å². The minimum atomic E-state index is -6.05. The highest BCUT2D eigenvalue weighted by atomic mass is 19.4. The van der Waals surface area contributed by atoms with Crippen molar-refractivity contribution in [2.24, 2.45) is 5.41 Å². The lowest BCUT2D eigenvalue weighted by Crippen LogP contribution is -2.58. The van der Waals surface area contributed by atoms with Gasteiger partial charge in [0.05, 0.1) is 0 Å². The Kier molecular flexibility index (Phi) is 3.35. The van der Waals surface area contributed by atoms with Crippen LogP contribution in [0.3, 0.4) is 0 Å². The zero-order valence-electron chi connectivity index (χ0n) is 7.73. The average molecular weight is 244 g/mol. The minimum Gasteiger partial charge on any atom is -0.205 e. The number of hydrogen-bond acceptors (Lipinski definition) is 0. The van der Waals surface area contributed by atoms with E-state index in [0.717, 1.165) is 0 Å². The van der Waals surface area contributed by atoms with Crippen LogP contribution in [0.2, 0.25) is 0 Å². The quantitative estimate of drug-likeness (QED) is 0.639. The molecule has 0 fully saturated rings. The molecule has 0 nitrogen and oxygen atoms in total. The molecule has 0 aromatic heterocycles. The Labute approximate surface area is 80.3 Å². The first kappa shape index (κ1) is 14.4. The Morgan fingerprint density at radius 2 is 1.00 bits per heavy atom. The molecular weight excluding hydrogens is 236 g/mol. The monoisotopic (exact) mass is 244 g/mol. The third-order valence-corrected chi connectivity index (χ3v) is 2.31. The van der Waals surface area contributed by atoms with E-state index >= 15 is 0 Å². The van der Waals surface area contributed by atoms with E-state index in [2.05, 4.69) is 0 Å². The molecule has 0 amide bonds. The molecular formula is C7H8F8. The summed E-state index contributed by atoms with van der Waals surface area (Å²) in [6, 6.07) is 0. The molecule has 0 radical (unpaired) electrons. The summed E-state index contributed by atoms with van der Waals surface area (Å²) in [6.45, 7) is 0.0340. The van der Waals surface area contributed by atoms with Gasteiger partial charge in [0.15, 0.2) is 0 Å². The summed E-state index contributed by atoms with van der Waals surface area (Å²) >= 11 is 0. The molecule has 0 aliphatic heterocycles. The molecule has 0 aromatic carbocycles. The molecule has 92 valence electrons. The predicted molar refractivity (Wildman–Crippen MR) is 35.5 cm³/mol. The Morgan fingerprint density at radius 1 is 0.733 bits per heavy atom. The van der Waals surface area contributed by atoms with Gasteiger partial charge < -0.3 is 0 Å². The molecule has 0 heterocycles. The topological polar surface area (TPSA) is 0 Å². The van der Waals surface area contributed by atoms with Crippen LogP contribution >= 0.6 is 0 Å². The Balaban J connectivity index is 5.65. The highest BCUT2D eigenvalue weighted by Gasteiger charge is 2.78. The normalized spacial score (nSPS) is 15.6. The maximum atomic E-state index is 12.8. The smallest absolute Gasteiger partial charge is 0.205 e. The van der Waals surface area contributed by atoms with Crippen molar-refractivity contribution in [3.63, 3.8) is 0 Å². The van der Waals surface area contributed by atoms with Crippen LogP contribution in [0.4, 0.5) is 35.1 Å². The third kappa shape index (κ3) is 2.03. The first-order chi connectivity index (χ1) is 6.31. The fourth-order valence-electron chi connectivity index (χ4n) is 0.929. The Hall–Kier alpha value is -0.560. The first-order valence-electron chi connectivity index (χ1n) is 3.82. The standard InChI is InChI=1S/C7H8F8/c1-3-5(8,9)4(2,6(10,11)12)7(13,14)15/h3H2,1-2H3. The van der Waals surface area contributed by atoms with E-state index in [9.17, 15) is 35.1 Å². The SMILES string of the molecule is CCC(F)(F)C(C)(C(F)(F)F)C(F)(F)F. The molecule has 0 bridgehead atoms. The highest BCUT2D eigenvalue weighted by molar-refractivity contribution is 4.99. The van der Waals surface area contributed by atoms with Gasteiger partial charge in [-0.1, -0.05) is 6.92 Å². The molecule has 0 atom stereocenters. The van der Waals surface area contributed by atoms with Crippen LogP contribution in [0.1, 0.15) is 20.3 Å². The highest BCUT2D eigenvalue weighted by Crippen LogP contribution is 2.59. The zero-order valence-corrected chi connectivity index (χ0v) is 7.73. The molecule has 0 saturated carbocycles. The lowest BCUT2D eigenvalue weighted by molar-refractivity contribution is -0.392. The summed E-state index contributed by atoms with van der Waals surface area (Å²) in [7, 11) is 0. The number of alkyl halides is 8. The molecule has 15 heavy (non-hydrogen) atoms. The van der Waals surface area contributed by atoms with Gasteiger partial charge in [0.2, 0.25) is 5.41 Å². The summed E-state index contributed by atoms with van der Waals surface area (Å²) < 4.78 is 98.0. The Bertz CT molecular complexity index is 208. The van der Waals surface area contributed by atoms with E-state index < -0.39 is 37.0 Å². The Morgan fingerprint density at radius 3 is 1.07 bits per heavy atom. The van der Waals surface area contributed by atoms with Crippen LogP contribution in [0.25, 0.3) is 0 Å². The maximum Gasteiger partial charge on any atom is 0.408 e. The van der Waals surface area contributed by atoms with Crippen LogP contribution in [-0.4, -0.2) is 18.3 Å². The maximum absolute atomic E-state index is 12.8. The second-order valence-electron chi connectivity index (χ2n) is 3.18. The summed E-state index contributed by atoms with van der Waals surface area (Å²) in [5.41, 5.74) is -5.01. The molecule has 0 saturated heterocycles. The predicted octanol–water partition coefficient (Wildman–Crippen LogP) is 4.16. The van der Waals surface area contributed by atoms with Crippen LogP contribution in [0.15, 0.2) is 0 Å². The van der Waals surface area contributed by atoms with E-state index in [1.165, 1.54) is 0 Å². The van der Waals surface area contributed by atoms with E-state index in [0.29, 0.717) is 6.92 Å². The largest absolute Gasteiger partial charge is 0.408 e. The molecule has 0 aliphatic carbocycles. The molecule has 0 spiro atoms. The number of hydrogen-bond donors (Lipinski definition) is 0. The zero-order chi connectivity index (χ0) is 12.7. The van der Waals surface area contributed by atoms with Crippen LogP contribution < -0.4 is 0 Å². The van der Waals surface area contributed by atoms with Gasteiger partial charge in [-0.25, -0.2) is 8.78 Å². The first-order valence-corrected chi connectivity index (χ1v) is 3.82. The van der Waals surface area contributed by atoms with Gasteiger partial charge in [-0.2, -0.15) is 26.3 Å². The molecule has 0 aromatic rings. The van der Waals surface area contributed by atoms with Crippen molar-refractivity contribution in [2.75, 3.05) is 0 Å². The van der Waals surface area contributed by atoms with Gasteiger partial charge in [-0.05, 0) is 6.92 Å².